The maximum Gasteiger partial charge on any atom is 0.167 e. The molecule has 0 fully saturated rings. The van der Waals surface area contributed by atoms with E-state index in [4.69, 9.17) is 19.4 Å². The van der Waals surface area contributed by atoms with Gasteiger partial charge < -0.3 is 13.6 Å². The van der Waals surface area contributed by atoms with Crippen molar-refractivity contribution < 1.29 is 4.42 Å². The Bertz CT molecular complexity index is 4990. The van der Waals surface area contributed by atoms with Crippen LogP contribution < -0.4 is 0 Å². The van der Waals surface area contributed by atoms with Crippen molar-refractivity contribution in [1.82, 2.24) is 24.1 Å². The number of rotatable bonds is 7. The first-order valence-corrected chi connectivity index (χ1v) is 26.4. The number of hydrogen-bond donors (Lipinski definition) is 0. The van der Waals surface area contributed by atoms with Gasteiger partial charge in [-0.3, -0.25) is 0 Å². The molecule has 16 aromatic rings. The Hall–Kier alpha value is -9.95. The largest absolute Gasteiger partial charge is 0.455 e. The van der Waals surface area contributed by atoms with Gasteiger partial charge >= 0.3 is 0 Å². The minimum atomic E-state index is 0.528. The summed E-state index contributed by atoms with van der Waals surface area (Å²) in [6, 6.07) is 88.6. The summed E-state index contributed by atoms with van der Waals surface area (Å²) in [5.74, 6) is 1.69. The Labute approximate surface area is 439 Å². The van der Waals surface area contributed by atoms with Gasteiger partial charge in [-0.1, -0.05) is 176 Å². The van der Waals surface area contributed by atoms with Crippen molar-refractivity contribution in [3.05, 3.63) is 249 Å². The second-order valence-electron chi connectivity index (χ2n) is 19.4. The molecule has 354 valence electrons. The highest BCUT2D eigenvalue weighted by Crippen LogP contribution is 2.49. The van der Waals surface area contributed by atoms with Crippen molar-refractivity contribution in [3.63, 3.8) is 0 Å². The van der Waals surface area contributed by atoms with Gasteiger partial charge in [-0.25, -0.2) is 15.0 Å². The summed E-state index contributed by atoms with van der Waals surface area (Å²) in [5, 5.41) is 9.21. The minimum Gasteiger partial charge on any atom is -0.455 e. The summed E-state index contributed by atoms with van der Waals surface area (Å²) >= 11 is 1.85. The molecule has 0 bridgehead atoms. The van der Waals surface area contributed by atoms with Crippen molar-refractivity contribution in [2.75, 3.05) is 0 Å². The van der Waals surface area contributed by atoms with Gasteiger partial charge in [-0.05, 0) is 89.5 Å². The van der Waals surface area contributed by atoms with E-state index in [1.54, 1.807) is 0 Å². The van der Waals surface area contributed by atoms with E-state index >= 15 is 0 Å². The molecule has 0 N–H and O–H groups in total. The van der Waals surface area contributed by atoms with Crippen LogP contribution in [0.15, 0.2) is 253 Å². The average Bonchev–Trinajstić information content (AvgIpc) is 4.26. The molecule has 0 aliphatic rings. The topological polar surface area (TPSA) is 61.7 Å². The van der Waals surface area contributed by atoms with Crippen LogP contribution in [0.25, 0.3) is 154 Å². The maximum absolute atomic E-state index is 7.11. The lowest BCUT2D eigenvalue weighted by Crippen LogP contribution is -2.01. The molecule has 0 unspecified atom stereocenters. The first-order chi connectivity index (χ1) is 37.7. The zero-order chi connectivity index (χ0) is 49.8. The summed E-state index contributed by atoms with van der Waals surface area (Å²) in [7, 11) is 0. The summed E-state index contributed by atoms with van der Waals surface area (Å²) in [6.45, 7) is 0. The first-order valence-electron chi connectivity index (χ1n) is 25.6. The zero-order valence-corrected chi connectivity index (χ0v) is 41.5. The van der Waals surface area contributed by atoms with Gasteiger partial charge in [0.15, 0.2) is 17.5 Å². The SMILES string of the molecule is c1ccc(-c2cccc(-c3nc(-c4ccccc4)nc(-c4ccc(-n5c6ccccc6c6cc(-c7ccc8sc9ccccc9c8c7)c7c(c8ccccc8n7-c7ccccc7)c65)c5c4oc4ccccc45)n3)c2)cc1. The number of fused-ring (bicyclic) bond motifs is 13. The molecule has 76 heavy (non-hydrogen) atoms. The highest BCUT2D eigenvalue weighted by atomic mass is 32.1. The van der Waals surface area contributed by atoms with Crippen LogP contribution in [0.1, 0.15) is 0 Å². The zero-order valence-electron chi connectivity index (χ0n) is 40.7. The van der Waals surface area contributed by atoms with E-state index in [-0.39, 0.29) is 0 Å². The van der Waals surface area contributed by atoms with E-state index in [1.807, 2.05) is 41.7 Å². The summed E-state index contributed by atoms with van der Waals surface area (Å²) in [6.07, 6.45) is 0. The van der Waals surface area contributed by atoms with Crippen LogP contribution in [-0.2, 0) is 0 Å². The van der Waals surface area contributed by atoms with Gasteiger partial charge in [0.25, 0.3) is 0 Å². The number of hydrogen-bond acceptors (Lipinski definition) is 5. The standard InChI is InChI=1S/C69H41N5OS/c1-4-19-42(20-5-1)44-23-18-24-46(39-44)68-70-67(43-21-6-2-7-22-43)71-69(72-68)52-36-37-58(62-51-30-12-16-33-59(51)75-66(52)62)74-56-31-14-10-27-48(56)55-41-53(45-35-38-61-54(40-45)49-28-13-17-34-60(49)76-61)64-63(65(55)74)50-29-11-15-32-57(50)73(64)47-25-8-3-9-26-47/h1-41H. The van der Waals surface area contributed by atoms with Crippen molar-refractivity contribution in [2.45, 2.75) is 0 Å². The fourth-order valence-electron chi connectivity index (χ4n) is 11.8. The summed E-state index contributed by atoms with van der Waals surface area (Å²) in [4.78, 5) is 15.8. The van der Waals surface area contributed by atoms with E-state index in [1.165, 1.54) is 47.5 Å². The number of nitrogens with zero attached hydrogens (tertiary/aromatic N) is 5. The van der Waals surface area contributed by atoms with Gasteiger partial charge in [-0.15, -0.1) is 11.3 Å². The predicted octanol–water partition coefficient (Wildman–Crippen LogP) is 18.7. The molecular weight excluding hydrogens is 947 g/mol. The molecule has 0 amide bonds. The molecule has 5 aromatic heterocycles. The lowest BCUT2D eigenvalue weighted by molar-refractivity contribution is 0.669. The van der Waals surface area contributed by atoms with Crippen molar-refractivity contribution in [2.24, 2.45) is 0 Å². The van der Waals surface area contributed by atoms with Crippen LogP contribution in [0.3, 0.4) is 0 Å². The van der Waals surface area contributed by atoms with Crippen LogP contribution >= 0.6 is 11.3 Å². The van der Waals surface area contributed by atoms with Gasteiger partial charge in [0.05, 0.1) is 38.7 Å². The molecule has 0 radical (unpaired) electrons. The van der Waals surface area contributed by atoms with Crippen LogP contribution in [0.2, 0.25) is 0 Å². The first kappa shape index (κ1) is 42.5. The fourth-order valence-corrected chi connectivity index (χ4v) is 12.9. The smallest absolute Gasteiger partial charge is 0.167 e. The normalized spacial score (nSPS) is 11.9. The Kier molecular flexibility index (Phi) is 9.40. The molecule has 11 aromatic carbocycles. The third-order valence-electron chi connectivity index (χ3n) is 15.2. The molecule has 0 atom stereocenters. The lowest BCUT2D eigenvalue weighted by Gasteiger charge is -2.15. The second-order valence-corrected chi connectivity index (χ2v) is 20.5. The van der Waals surface area contributed by atoms with Crippen LogP contribution in [0.4, 0.5) is 0 Å². The Morgan fingerprint density at radius 1 is 0.329 bits per heavy atom. The average molecular weight is 988 g/mol. The Balaban J connectivity index is 1.00. The molecular formula is C69H41N5OS. The molecule has 5 heterocycles. The third kappa shape index (κ3) is 6.49. The number of aromatic nitrogens is 5. The number of benzene rings is 11. The Morgan fingerprint density at radius 3 is 1.74 bits per heavy atom. The quantitative estimate of drug-likeness (QED) is 0.160. The summed E-state index contributed by atoms with van der Waals surface area (Å²) in [5.41, 5.74) is 15.2. The maximum atomic E-state index is 7.11. The monoisotopic (exact) mass is 987 g/mol. The predicted molar refractivity (Wildman–Crippen MR) is 316 cm³/mol. The van der Waals surface area contributed by atoms with Gasteiger partial charge in [0, 0.05) is 69.5 Å². The van der Waals surface area contributed by atoms with Gasteiger partial charge in [-0.2, -0.15) is 0 Å². The van der Waals surface area contributed by atoms with Gasteiger partial charge in [0.1, 0.15) is 11.2 Å². The van der Waals surface area contributed by atoms with E-state index < -0.39 is 0 Å². The van der Waals surface area contributed by atoms with Crippen molar-refractivity contribution >= 4 is 97.1 Å². The number of para-hydroxylation sites is 4. The highest BCUT2D eigenvalue weighted by molar-refractivity contribution is 7.25. The van der Waals surface area contributed by atoms with Crippen LogP contribution in [-0.4, -0.2) is 24.1 Å². The molecule has 0 aliphatic heterocycles. The molecule has 0 aliphatic carbocycles. The van der Waals surface area contributed by atoms with E-state index in [2.05, 4.69) is 228 Å². The van der Waals surface area contributed by atoms with Crippen molar-refractivity contribution in [3.8, 4) is 67.8 Å². The second kappa shape index (κ2) is 16.8. The molecule has 0 saturated carbocycles. The van der Waals surface area contributed by atoms with E-state index in [0.29, 0.717) is 23.1 Å². The molecule has 0 spiro atoms. The molecule has 0 saturated heterocycles. The molecule has 7 heteroatoms. The minimum absolute atomic E-state index is 0.528. The van der Waals surface area contributed by atoms with Crippen LogP contribution in [0.5, 0.6) is 0 Å². The lowest BCUT2D eigenvalue weighted by atomic mass is 9.96. The van der Waals surface area contributed by atoms with E-state index in [9.17, 15) is 0 Å². The van der Waals surface area contributed by atoms with Gasteiger partial charge in [0.2, 0.25) is 0 Å². The van der Waals surface area contributed by atoms with Crippen LogP contribution in [0, 0.1) is 0 Å². The molecule has 16 rings (SSSR count). The number of thiophene rings is 1. The molecule has 6 nitrogen and oxygen atoms in total. The summed E-state index contributed by atoms with van der Waals surface area (Å²) < 4.78 is 14.6. The number of furan rings is 1. The fraction of sp³-hybridized carbons (Fsp3) is 0. The van der Waals surface area contributed by atoms with E-state index in [0.717, 1.165) is 83.0 Å². The highest BCUT2D eigenvalue weighted by Gasteiger charge is 2.28. The Morgan fingerprint density at radius 2 is 0.934 bits per heavy atom. The third-order valence-corrected chi connectivity index (χ3v) is 16.3. The van der Waals surface area contributed by atoms with Crippen molar-refractivity contribution in [1.29, 1.82) is 0 Å².